The molecule has 0 atom stereocenters. The van der Waals surface area contributed by atoms with E-state index >= 15 is 0 Å². The molecule has 1 fully saturated rings. The van der Waals surface area contributed by atoms with E-state index in [2.05, 4.69) is 10.2 Å². The average Bonchev–Trinajstić information content (AvgIpc) is 2.74. The van der Waals surface area contributed by atoms with Crippen LogP contribution in [0.25, 0.3) is 0 Å². The van der Waals surface area contributed by atoms with Gasteiger partial charge >= 0.3 is 0 Å². The van der Waals surface area contributed by atoms with E-state index in [1.807, 2.05) is 18.2 Å². The Morgan fingerprint density at radius 2 is 1.83 bits per heavy atom. The molecule has 8 heteroatoms. The van der Waals surface area contributed by atoms with Gasteiger partial charge in [0.1, 0.15) is 12.4 Å². The van der Waals surface area contributed by atoms with E-state index in [-0.39, 0.29) is 37.2 Å². The number of ether oxygens (including phenoxy) is 3. The summed E-state index contributed by atoms with van der Waals surface area (Å²) < 4.78 is 30.3. The monoisotopic (exact) mass is 458 g/mol. The fourth-order valence-electron chi connectivity index (χ4n) is 3.20. The summed E-state index contributed by atoms with van der Waals surface area (Å²) in [6, 6.07) is 12.5. The SMILES string of the molecule is COc1cc(CNCCCN2CCOCC2)ccc1OCc1ccccc1F.[Cl-].[Cl-]. The predicted octanol–water partition coefficient (Wildman–Crippen LogP) is -2.77. The highest BCUT2D eigenvalue weighted by molar-refractivity contribution is 5.43. The summed E-state index contributed by atoms with van der Waals surface area (Å²) in [5.41, 5.74) is 1.65. The number of hydrogen-bond donors (Lipinski definition) is 1. The highest BCUT2D eigenvalue weighted by Gasteiger charge is 2.10. The maximum atomic E-state index is 13.7. The van der Waals surface area contributed by atoms with Gasteiger partial charge in [-0.25, -0.2) is 4.39 Å². The number of morpholine rings is 1. The number of rotatable bonds is 10. The van der Waals surface area contributed by atoms with Crippen molar-refractivity contribution in [3.8, 4) is 11.5 Å². The molecule has 1 saturated heterocycles. The summed E-state index contributed by atoms with van der Waals surface area (Å²) in [5, 5.41) is 3.47. The Balaban J connectivity index is 0.00000225. The Morgan fingerprint density at radius 3 is 2.57 bits per heavy atom. The molecule has 0 amide bonds. The van der Waals surface area contributed by atoms with Crippen molar-refractivity contribution in [1.29, 1.82) is 0 Å². The van der Waals surface area contributed by atoms with Gasteiger partial charge in [-0.1, -0.05) is 24.3 Å². The average molecular weight is 459 g/mol. The molecule has 0 aliphatic carbocycles. The summed E-state index contributed by atoms with van der Waals surface area (Å²) in [4.78, 5) is 2.44. The molecule has 1 aliphatic rings. The van der Waals surface area contributed by atoms with Gasteiger partial charge < -0.3 is 44.3 Å². The molecular formula is C22H29Cl2FN2O3-2. The number of methoxy groups -OCH3 is 1. The first-order valence-electron chi connectivity index (χ1n) is 9.80. The molecule has 1 aliphatic heterocycles. The third kappa shape index (κ3) is 8.28. The first kappa shape index (κ1) is 26.5. The van der Waals surface area contributed by atoms with Gasteiger partial charge in [-0.05, 0) is 43.3 Å². The lowest BCUT2D eigenvalue weighted by atomic mass is 10.2. The molecule has 1 heterocycles. The minimum absolute atomic E-state index is 0. The maximum Gasteiger partial charge on any atom is 0.161 e. The van der Waals surface area contributed by atoms with Crippen molar-refractivity contribution < 1.29 is 43.4 Å². The van der Waals surface area contributed by atoms with Crippen LogP contribution in [0.3, 0.4) is 0 Å². The number of benzene rings is 2. The van der Waals surface area contributed by atoms with Crippen LogP contribution in [-0.4, -0.2) is 51.4 Å². The van der Waals surface area contributed by atoms with E-state index < -0.39 is 0 Å². The number of nitrogens with one attached hydrogen (secondary N) is 1. The van der Waals surface area contributed by atoms with Gasteiger partial charge in [-0.3, -0.25) is 4.90 Å². The van der Waals surface area contributed by atoms with E-state index in [1.165, 1.54) is 6.07 Å². The van der Waals surface area contributed by atoms with Gasteiger partial charge in [0.15, 0.2) is 11.5 Å². The molecular weight excluding hydrogens is 430 g/mol. The molecule has 2 aromatic carbocycles. The van der Waals surface area contributed by atoms with Gasteiger partial charge in [0, 0.05) is 25.2 Å². The Labute approximate surface area is 190 Å². The minimum Gasteiger partial charge on any atom is -1.00 e. The highest BCUT2D eigenvalue weighted by atomic mass is 35.5. The zero-order valence-corrected chi connectivity index (χ0v) is 18.7. The second-order valence-corrected chi connectivity index (χ2v) is 6.85. The third-order valence-corrected chi connectivity index (χ3v) is 4.83. The van der Waals surface area contributed by atoms with Crippen LogP contribution in [0.2, 0.25) is 0 Å². The molecule has 0 unspecified atom stereocenters. The fourth-order valence-corrected chi connectivity index (χ4v) is 3.20. The van der Waals surface area contributed by atoms with Gasteiger partial charge in [0.2, 0.25) is 0 Å². The lowest BCUT2D eigenvalue weighted by Gasteiger charge is -2.26. The quantitative estimate of drug-likeness (QED) is 0.390. The number of nitrogens with zero attached hydrogens (tertiary/aromatic N) is 1. The minimum atomic E-state index is -0.264. The number of halogens is 3. The Morgan fingerprint density at radius 1 is 1.07 bits per heavy atom. The standard InChI is InChI=1S/C22H29FN2O3.2ClH/c1-26-22-15-18(16-24-9-4-10-25-11-13-27-14-12-25)7-8-21(22)28-17-19-5-2-3-6-20(19)23;;/h2-3,5-8,15,24H,4,9-14,16-17H2,1H3;2*1H/p-2. The van der Waals surface area contributed by atoms with E-state index in [0.29, 0.717) is 17.1 Å². The van der Waals surface area contributed by atoms with Crippen LogP contribution < -0.4 is 39.6 Å². The van der Waals surface area contributed by atoms with Crippen LogP contribution in [0.4, 0.5) is 4.39 Å². The lowest BCUT2D eigenvalue weighted by molar-refractivity contribution is -0.001000. The first-order valence-corrected chi connectivity index (χ1v) is 9.80. The van der Waals surface area contributed by atoms with Crippen LogP contribution in [-0.2, 0) is 17.9 Å². The zero-order chi connectivity index (χ0) is 19.6. The molecule has 0 bridgehead atoms. The van der Waals surface area contributed by atoms with E-state index in [9.17, 15) is 4.39 Å². The van der Waals surface area contributed by atoms with Crippen LogP contribution in [0.5, 0.6) is 11.5 Å². The molecule has 5 nitrogen and oxygen atoms in total. The van der Waals surface area contributed by atoms with Crippen molar-refractivity contribution in [3.05, 3.63) is 59.4 Å². The molecule has 168 valence electrons. The maximum absolute atomic E-state index is 13.7. The largest absolute Gasteiger partial charge is 1.00 e. The van der Waals surface area contributed by atoms with Crippen LogP contribution in [0.1, 0.15) is 17.5 Å². The first-order chi connectivity index (χ1) is 13.8. The second kappa shape index (κ2) is 14.4. The fraction of sp³-hybridized carbons (Fsp3) is 0.455. The van der Waals surface area contributed by atoms with Gasteiger partial charge in [-0.15, -0.1) is 0 Å². The highest BCUT2D eigenvalue weighted by Crippen LogP contribution is 2.29. The molecule has 0 radical (unpaired) electrons. The summed E-state index contributed by atoms with van der Waals surface area (Å²) >= 11 is 0. The summed E-state index contributed by atoms with van der Waals surface area (Å²) in [6.45, 7) is 6.76. The molecule has 0 aromatic heterocycles. The van der Waals surface area contributed by atoms with Crippen LogP contribution in [0, 0.1) is 5.82 Å². The Kier molecular flexibility index (Phi) is 12.7. The molecule has 1 N–H and O–H groups in total. The van der Waals surface area contributed by atoms with Crippen LogP contribution >= 0.6 is 0 Å². The topological polar surface area (TPSA) is 43.0 Å². The van der Waals surface area contributed by atoms with Crippen LogP contribution in [0.15, 0.2) is 42.5 Å². The van der Waals surface area contributed by atoms with Gasteiger partial charge in [0.05, 0.1) is 20.3 Å². The van der Waals surface area contributed by atoms with Crippen molar-refractivity contribution in [2.75, 3.05) is 46.5 Å². The summed E-state index contributed by atoms with van der Waals surface area (Å²) in [5.74, 6) is 1.00. The normalized spacial score (nSPS) is 13.8. The van der Waals surface area contributed by atoms with Crippen molar-refractivity contribution in [2.45, 2.75) is 19.6 Å². The van der Waals surface area contributed by atoms with E-state index in [1.54, 1.807) is 25.3 Å². The second-order valence-electron chi connectivity index (χ2n) is 6.85. The third-order valence-electron chi connectivity index (χ3n) is 4.83. The Hall–Kier alpha value is -1.57. The molecule has 2 aromatic rings. The lowest BCUT2D eigenvalue weighted by Crippen LogP contribution is -3.00. The molecule has 3 rings (SSSR count). The van der Waals surface area contributed by atoms with Crippen molar-refractivity contribution >= 4 is 0 Å². The summed E-state index contributed by atoms with van der Waals surface area (Å²) in [7, 11) is 1.62. The molecule has 0 spiro atoms. The van der Waals surface area contributed by atoms with Crippen molar-refractivity contribution in [3.63, 3.8) is 0 Å². The smallest absolute Gasteiger partial charge is 0.161 e. The van der Waals surface area contributed by atoms with Crippen molar-refractivity contribution in [2.24, 2.45) is 0 Å². The molecule has 30 heavy (non-hydrogen) atoms. The molecule has 0 saturated carbocycles. The predicted molar refractivity (Wildman–Crippen MR) is 107 cm³/mol. The Bertz CT molecular complexity index is 746. The van der Waals surface area contributed by atoms with Gasteiger partial charge in [0.25, 0.3) is 0 Å². The van der Waals surface area contributed by atoms with Gasteiger partial charge in [-0.2, -0.15) is 0 Å². The number of hydrogen-bond acceptors (Lipinski definition) is 5. The van der Waals surface area contributed by atoms with E-state index in [4.69, 9.17) is 14.2 Å². The van der Waals surface area contributed by atoms with E-state index in [0.717, 1.165) is 57.9 Å². The van der Waals surface area contributed by atoms with Crippen molar-refractivity contribution in [1.82, 2.24) is 10.2 Å². The summed E-state index contributed by atoms with van der Waals surface area (Å²) in [6.07, 6.45) is 1.11. The zero-order valence-electron chi connectivity index (χ0n) is 17.2.